The Kier molecular flexibility index (Phi) is 5.96. The fourth-order valence-corrected chi connectivity index (χ4v) is 3.89. The van der Waals surface area contributed by atoms with Crippen LogP contribution in [0, 0.1) is 11.3 Å². The summed E-state index contributed by atoms with van der Waals surface area (Å²) >= 11 is 0. The number of aromatic amines is 1. The van der Waals surface area contributed by atoms with E-state index in [1.807, 2.05) is 6.20 Å². The topological polar surface area (TPSA) is 97.3 Å². The quantitative estimate of drug-likeness (QED) is 0.813. The third kappa shape index (κ3) is 4.87. The molecule has 1 aliphatic carbocycles. The number of anilines is 1. The summed E-state index contributed by atoms with van der Waals surface area (Å²) < 4.78 is 5.97. The number of H-pyrrole nitrogens is 1. The molecule has 4 rings (SSSR count). The van der Waals surface area contributed by atoms with Gasteiger partial charge in [0, 0.05) is 44.3 Å². The van der Waals surface area contributed by atoms with Gasteiger partial charge in [-0.1, -0.05) is 0 Å². The molecular formula is C21H26N6O2. The van der Waals surface area contributed by atoms with Crippen molar-refractivity contribution >= 4 is 11.7 Å². The Balaban J connectivity index is 1.30. The largest absolute Gasteiger partial charge is 0.489 e. The highest BCUT2D eigenvalue weighted by Crippen LogP contribution is 2.28. The maximum absolute atomic E-state index is 12.6. The lowest BCUT2D eigenvalue weighted by Crippen LogP contribution is -2.49. The Morgan fingerprint density at radius 1 is 1.28 bits per heavy atom. The zero-order valence-corrected chi connectivity index (χ0v) is 16.4. The number of urea groups is 1. The Bertz CT molecular complexity index is 862. The summed E-state index contributed by atoms with van der Waals surface area (Å²) in [6.45, 7) is 3.66. The first-order valence-electron chi connectivity index (χ1n) is 10.2. The van der Waals surface area contributed by atoms with Crippen LogP contribution < -0.4 is 10.1 Å². The summed E-state index contributed by atoms with van der Waals surface area (Å²) in [4.78, 5) is 24.0. The Morgan fingerprint density at radius 2 is 2.07 bits per heavy atom. The van der Waals surface area contributed by atoms with E-state index in [1.54, 1.807) is 29.3 Å². The van der Waals surface area contributed by atoms with Crippen LogP contribution in [0.15, 0.2) is 30.6 Å². The Hall–Kier alpha value is -3.05. The van der Waals surface area contributed by atoms with E-state index in [-0.39, 0.29) is 12.1 Å². The minimum absolute atomic E-state index is 0.143. The molecule has 2 heterocycles. The number of nitrogens with one attached hydrogen (secondary N) is 2. The second kappa shape index (κ2) is 8.97. The van der Waals surface area contributed by atoms with Crippen LogP contribution in [-0.4, -0.2) is 58.1 Å². The molecule has 0 atom stereocenters. The van der Waals surface area contributed by atoms with E-state index < -0.39 is 0 Å². The average Bonchev–Trinajstić information content (AvgIpc) is 3.44. The first kappa shape index (κ1) is 19.3. The zero-order chi connectivity index (χ0) is 20.1. The molecular weight excluding hydrogens is 368 g/mol. The van der Waals surface area contributed by atoms with Crippen molar-refractivity contribution in [2.75, 3.05) is 31.5 Å². The molecule has 2 aliphatic rings. The fourth-order valence-electron chi connectivity index (χ4n) is 3.89. The molecule has 2 amide bonds. The molecule has 0 radical (unpaired) electrons. The maximum Gasteiger partial charge on any atom is 0.321 e. The second-order valence-electron chi connectivity index (χ2n) is 7.58. The molecule has 8 heteroatoms. The molecule has 0 bridgehead atoms. The molecule has 29 heavy (non-hydrogen) atoms. The molecule has 1 aromatic heterocycles. The van der Waals surface area contributed by atoms with Crippen molar-refractivity contribution in [1.29, 1.82) is 5.26 Å². The Labute approximate surface area is 170 Å². The number of carbonyl (C=O) groups is 1. The van der Waals surface area contributed by atoms with Gasteiger partial charge >= 0.3 is 6.03 Å². The first-order valence-corrected chi connectivity index (χ1v) is 10.2. The predicted octanol–water partition coefficient (Wildman–Crippen LogP) is 2.95. The van der Waals surface area contributed by atoms with Crippen LogP contribution in [0.4, 0.5) is 10.5 Å². The number of imidazole rings is 1. The van der Waals surface area contributed by atoms with Gasteiger partial charge in [0.15, 0.2) is 0 Å². The average molecular weight is 394 g/mol. The van der Waals surface area contributed by atoms with Gasteiger partial charge in [0.1, 0.15) is 17.6 Å². The van der Waals surface area contributed by atoms with Gasteiger partial charge in [0.25, 0.3) is 0 Å². The first-order chi connectivity index (χ1) is 14.2. The summed E-state index contributed by atoms with van der Waals surface area (Å²) in [5.41, 5.74) is 1.07. The van der Waals surface area contributed by atoms with Crippen molar-refractivity contribution < 1.29 is 9.53 Å². The lowest BCUT2D eigenvalue weighted by molar-refractivity contribution is 0.141. The summed E-state index contributed by atoms with van der Waals surface area (Å²) in [6.07, 6.45) is 8.19. The minimum atomic E-state index is -0.143. The van der Waals surface area contributed by atoms with Gasteiger partial charge in [-0.3, -0.25) is 4.90 Å². The van der Waals surface area contributed by atoms with E-state index in [0.717, 1.165) is 38.3 Å². The summed E-state index contributed by atoms with van der Waals surface area (Å²) in [7, 11) is 0. The number of piperazine rings is 1. The minimum Gasteiger partial charge on any atom is -0.489 e. The number of hydrogen-bond donors (Lipinski definition) is 2. The van der Waals surface area contributed by atoms with Crippen molar-refractivity contribution in [3.63, 3.8) is 0 Å². The van der Waals surface area contributed by atoms with Crippen LogP contribution in [-0.2, 0) is 6.54 Å². The number of aromatic nitrogens is 2. The number of hydrogen-bond acceptors (Lipinski definition) is 5. The van der Waals surface area contributed by atoms with Gasteiger partial charge in [-0.2, -0.15) is 5.26 Å². The number of rotatable bonds is 5. The molecule has 1 aromatic carbocycles. The summed E-state index contributed by atoms with van der Waals surface area (Å²) in [5, 5.41) is 12.4. The number of carbonyl (C=O) groups excluding carboxylic acids is 1. The van der Waals surface area contributed by atoms with E-state index in [9.17, 15) is 10.1 Å². The van der Waals surface area contributed by atoms with Gasteiger partial charge < -0.3 is 19.9 Å². The van der Waals surface area contributed by atoms with Crippen LogP contribution in [0.25, 0.3) is 0 Å². The standard InChI is InChI=1S/C21H26N6O2/c22-14-16-13-17(5-6-19(16)29-18-3-1-2-4-18)25-21(28)27-11-9-26(10-12-27)15-20-23-7-8-24-20/h5-8,13,18H,1-4,9-12,15H2,(H,23,24)(H,25,28). The molecule has 1 saturated carbocycles. The fraction of sp³-hybridized carbons (Fsp3) is 0.476. The number of nitriles is 1. The molecule has 152 valence electrons. The van der Waals surface area contributed by atoms with E-state index in [4.69, 9.17) is 4.74 Å². The van der Waals surface area contributed by atoms with E-state index >= 15 is 0 Å². The van der Waals surface area contributed by atoms with Gasteiger partial charge in [-0.25, -0.2) is 9.78 Å². The highest BCUT2D eigenvalue weighted by atomic mass is 16.5. The molecule has 1 saturated heterocycles. The summed E-state index contributed by atoms with van der Waals surface area (Å²) in [5.74, 6) is 1.54. The lowest BCUT2D eigenvalue weighted by atomic mass is 10.2. The van der Waals surface area contributed by atoms with Crippen molar-refractivity contribution in [2.45, 2.75) is 38.3 Å². The number of ether oxygens (including phenoxy) is 1. The monoisotopic (exact) mass is 394 g/mol. The third-order valence-corrected chi connectivity index (χ3v) is 5.53. The smallest absolute Gasteiger partial charge is 0.321 e. The van der Waals surface area contributed by atoms with Crippen LogP contribution in [0.2, 0.25) is 0 Å². The molecule has 1 aliphatic heterocycles. The molecule has 0 spiro atoms. The van der Waals surface area contributed by atoms with Crippen molar-refractivity contribution in [3.8, 4) is 11.8 Å². The second-order valence-corrected chi connectivity index (χ2v) is 7.58. The molecule has 2 fully saturated rings. The number of nitrogens with zero attached hydrogens (tertiary/aromatic N) is 4. The van der Waals surface area contributed by atoms with Gasteiger partial charge in [0.2, 0.25) is 0 Å². The number of amides is 2. The Morgan fingerprint density at radius 3 is 2.76 bits per heavy atom. The van der Waals surface area contributed by atoms with E-state index in [0.29, 0.717) is 30.1 Å². The molecule has 2 aromatic rings. The normalized spacial score (nSPS) is 17.8. The van der Waals surface area contributed by atoms with Crippen LogP contribution in [0.3, 0.4) is 0 Å². The van der Waals surface area contributed by atoms with Gasteiger partial charge in [-0.05, 0) is 43.9 Å². The van der Waals surface area contributed by atoms with E-state index in [2.05, 4.69) is 26.3 Å². The number of benzene rings is 1. The van der Waals surface area contributed by atoms with Crippen LogP contribution in [0.1, 0.15) is 37.1 Å². The van der Waals surface area contributed by atoms with Gasteiger partial charge in [-0.15, -0.1) is 0 Å². The predicted molar refractivity (Wildman–Crippen MR) is 108 cm³/mol. The molecule has 2 N–H and O–H groups in total. The van der Waals surface area contributed by atoms with Gasteiger partial charge in [0.05, 0.1) is 18.2 Å². The zero-order valence-electron chi connectivity index (χ0n) is 16.4. The SMILES string of the molecule is N#Cc1cc(NC(=O)N2CCN(Cc3ncc[nH]3)CC2)ccc1OC1CCCC1. The molecule has 0 unspecified atom stereocenters. The third-order valence-electron chi connectivity index (χ3n) is 5.53. The highest BCUT2D eigenvalue weighted by Gasteiger charge is 2.22. The van der Waals surface area contributed by atoms with Crippen LogP contribution >= 0.6 is 0 Å². The summed E-state index contributed by atoms with van der Waals surface area (Å²) in [6, 6.07) is 7.32. The molecule has 8 nitrogen and oxygen atoms in total. The lowest BCUT2D eigenvalue weighted by Gasteiger charge is -2.34. The van der Waals surface area contributed by atoms with Crippen molar-refractivity contribution in [1.82, 2.24) is 19.8 Å². The maximum atomic E-state index is 12.6. The van der Waals surface area contributed by atoms with Crippen molar-refractivity contribution in [3.05, 3.63) is 42.0 Å². The highest BCUT2D eigenvalue weighted by molar-refractivity contribution is 5.89. The van der Waals surface area contributed by atoms with Crippen LogP contribution in [0.5, 0.6) is 5.75 Å². The van der Waals surface area contributed by atoms with Crippen molar-refractivity contribution in [2.24, 2.45) is 0 Å². The van der Waals surface area contributed by atoms with E-state index in [1.165, 1.54) is 12.8 Å².